The summed E-state index contributed by atoms with van der Waals surface area (Å²) in [4.78, 5) is 14.8. The lowest BCUT2D eigenvalue weighted by atomic mass is 10.0. The van der Waals surface area contributed by atoms with Crippen LogP contribution < -0.4 is 0 Å². The molecule has 0 aliphatic heterocycles. The van der Waals surface area contributed by atoms with Gasteiger partial charge in [0, 0.05) is 10.9 Å². The summed E-state index contributed by atoms with van der Waals surface area (Å²) < 4.78 is 4.79. The number of hydrogen-bond donors (Lipinski definition) is 1. The molecule has 0 fully saturated rings. The fourth-order valence-electron chi connectivity index (χ4n) is 2.44. The molecule has 0 saturated carbocycles. The van der Waals surface area contributed by atoms with Crippen molar-refractivity contribution in [2.45, 2.75) is 6.92 Å². The van der Waals surface area contributed by atoms with Crippen LogP contribution >= 0.6 is 0 Å². The second kappa shape index (κ2) is 4.85. The number of nitrogens with one attached hydrogen (secondary N) is 1. The fourth-order valence-corrected chi connectivity index (χ4v) is 2.44. The molecular weight excluding hydrogens is 250 g/mol. The lowest BCUT2D eigenvalue weighted by Crippen LogP contribution is -2.02. The van der Waals surface area contributed by atoms with E-state index in [1.54, 1.807) is 0 Å². The summed E-state index contributed by atoms with van der Waals surface area (Å²) in [6, 6.07) is 16.3. The Bertz CT molecular complexity index is 772. The number of methoxy groups -OCH3 is 1. The zero-order valence-corrected chi connectivity index (χ0v) is 11.4. The number of aromatic nitrogens is 1. The highest BCUT2D eigenvalue weighted by Crippen LogP contribution is 2.28. The molecular formula is C17H15NO2. The molecule has 0 aliphatic rings. The molecule has 0 saturated heterocycles. The van der Waals surface area contributed by atoms with Gasteiger partial charge in [-0.15, -0.1) is 0 Å². The molecule has 0 radical (unpaired) electrons. The number of esters is 1. The maximum absolute atomic E-state index is 11.7. The van der Waals surface area contributed by atoms with Gasteiger partial charge in [0.2, 0.25) is 0 Å². The Morgan fingerprint density at radius 1 is 1.05 bits per heavy atom. The second-order valence-electron chi connectivity index (χ2n) is 4.74. The number of carbonyl (C=O) groups is 1. The van der Waals surface area contributed by atoms with Crippen molar-refractivity contribution >= 4 is 16.9 Å². The van der Waals surface area contributed by atoms with Gasteiger partial charge >= 0.3 is 5.97 Å². The SMILES string of the molecule is COC(=O)c1[nH]c2ccc(-c3ccccc3)cc2c1C. The fraction of sp³-hybridized carbons (Fsp3) is 0.118. The average molecular weight is 265 g/mol. The molecule has 100 valence electrons. The molecule has 3 aromatic rings. The molecule has 1 N–H and O–H groups in total. The number of rotatable bonds is 2. The molecule has 0 spiro atoms. The van der Waals surface area contributed by atoms with Crippen LogP contribution in [0.25, 0.3) is 22.0 Å². The van der Waals surface area contributed by atoms with Gasteiger partial charge in [0.05, 0.1) is 7.11 Å². The molecule has 0 unspecified atom stereocenters. The predicted molar refractivity (Wildman–Crippen MR) is 79.8 cm³/mol. The van der Waals surface area contributed by atoms with E-state index in [1.165, 1.54) is 7.11 Å². The third-order valence-electron chi connectivity index (χ3n) is 3.55. The molecule has 3 rings (SSSR count). The van der Waals surface area contributed by atoms with Gasteiger partial charge in [0.15, 0.2) is 0 Å². The summed E-state index contributed by atoms with van der Waals surface area (Å²) in [6.45, 7) is 1.93. The highest BCUT2D eigenvalue weighted by Gasteiger charge is 2.15. The minimum absolute atomic E-state index is 0.333. The summed E-state index contributed by atoms with van der Waals surface area (Å²) in [5.74, 6) is -0.333. The van der Waals surface area contributed by atoms with Crippen LogP contribution in [-0.4, -0.2) is 18.1 Å². The van der Waals surface area contributed by atoms with Crippen molar-refractivity contribution in [2.24, 2.45) is 0 Å². The standard InChI is InChI=1S/C17H15NO2/c1-11-14-10-13(12-6-4-3-5-7-12)8-9-15(14)18-16(11)17(19)20-2/h3-10,18H,1-2H3. The average Bonchev–Trinajstić information content (AvgIpc) is 2.84. The molecule has 2 aromatic carbocycles. The maximum atomic E-state index is 11.7. The number of aryl methyl sites for hydroxylation is 1. The summed E-state index contributed by atoms with van der Waals surface area (Å²) in [5, 5.41) is 1.05. The number of benzene rings is 2. The van der Waals surface area contributed by atoms with E-state index in [0.29, 0.717) is 5.69 Å². The van der Waals surface area contributed by atoms with Gasteiger partial charge in [0.25, 0.3) is 0 Å². The monoisotopic (exact) mass is 265 g/mol. The van der Waals surface area contributed by atoms with Crippen molar-refractivity contribution in [1.29, 1.82) is 0 Å². The Hall–Kier alpha value is -2.55. The van der Waals surface area contributed by atoms with Gasteiger partial charge in [-0.3, -0.25) is 0 Å². The second-order valence-corrected chi connectivity index (χ2v) is 4.74. The molecule has 0 atom stereocenters. The number of H-pyrrole nitrogens is 1. The number of hydrogen-bond acceptors (Lipinski definition) is 2. The maximum Gasteiger partial charge on any atom is 0.354 e. The summed E-state index contributed by atoms with van der Waals surface area (Å²) in [7, 11) is 1.39. The van der Waals surface area contributed by atoms with Crippen molar-refractivity contribution in [1.82, 2.24) is 4.98 Å². The first kappa shape index (κ1) is 12.5. The largest absolute Gasteiger partial charge is 0.464 e. The van der Waals surface area contributed by atoms with Crippen LogP contribution in [0.5, 0.6) is 0 Å². The summed E-state index contributed by atoms with van der Waals surface area (Å²) in [6.07, 6.45) is 0. The number of ether oxygens (including phenoxy) is 1. The Balaban J connectivity index is 2.17. The number of fused-ring (bicyclic) bond motifs is 1. The third kappa shape index (κ3) is 1.97. The van der Waals surface area contributed by atoms with Gasteiger partial charge in [0.1, 0.15) is 5.69 Å². The van der Waals surface area contributed by atoms with E-state index in [1.807, 2.05) is 31.2 Å². The quantitative estimate of drug-likeness (QED) is 0.713. The molecule has 0 aliphatic carbocycles. The van der Waals surface area contributed by atoms with Crippen LogP contribution in [0.3, 0.4) is 0 Å². The van der Waals surface area contributed by atoms with Gasteiger partial charge in [-0.25, -0.2) is 4.79 Å². The van der Waals surface area contributed by atoms with Crippen LogP contribution in [0.15, 0.2) is 48.5 Å². The highest BCUT2D eigenvalue weighted by atomic mass is 16.5. The minimum Gasteiger partial charge on any atom is -0.464 e. The van der Waals surface area contributed by atoms with Crippen molar-refractivity contribution in [2.75, 3.05) is 7.11 Å². The van der Waals surface area contributed by atoms with Crippen molar-refractivity contribution < 1.29 is 9.53 Å². The van der Waals surface area contributed by atoms with E-state index in [-0.39, 0.29) is 5.97 Å². The van der Waals surface area contributed by atoms with E-state index < -0.39 is 0 Å². The van der Waals surface area contributed by atoms with Crippen LogP contribution in [0, 0.1) is 6.92 Å². The summed E-state index contributed by atoms with van der Waals surface area (Å²) >= 11 is 0. The Morgan fingerprint density at radius 3 is 2.50 bits per heavy atom. The van der Waals surface area contributed by atoms with E-state index in [4.69, 9.17) is 4.74 Å². The molecule has 1 heterocycles. The van der Waals surface area contributed by atoms with Crippen molar-refractivity contribution in [3.63, 3.8) is 0 Å². The van der Waals surface area contributed by atoms with E-state index in [0.717, 1.165) is 27.6 Å². The van der Waals surface area contributed by atoms with Crippen molar-refractivity contribution in [3.05, 3.63) is 59.8 Å². The van der Waals surface area contributed by atoms with Crippen LogP contribution in [-0.2, 0) is 4.74 Å². The van der Waals surface area contributed by atoms with Gasteiger partial charge in [-0.1, -0.05) is 36.4 Å². The zero-order valence-electron chi connectivity index (χ0n) is 11.4. The van der Waals surface area contributed by atoms with E-state index >= 15 is 0 Å². The molecule has 3 heteroatoms. The smallest absolute Gasteiger partial charge is 0.354 e. The lowest BCUT2D eigenvalue weighted by Gasteiger charge is -2.02. The zero-order chi connectivity index (χ0) is 14.1. The first-order valence-corrected chi connectivity index (χ1v) is 6.47. The Morgan fingerprint density at radius 2 is 1.80 bits per heavy atom. The molecule has 0 bridgehead atoms. The summed E-state index contributed by atoms with van der Waals surface area (Å²) in [5.41, 5.74) is 4.69. The predicted octanol–water partition coefficient (Wildman–Crippen LogP) is 3.93. The van der Waals surface area contributed by atoms with Gasteiger partial charge in [-0.2, -0.15) is 0 Å². The number of aromatic amines is 1. The number of carbonyl (C=O) groups excluding carboxylic acids is 1. The lowest BCUT2D eigenvalue weighted by molar-refractivity contribution is 0.0594. The first-order valence-electron chi connectivity index (χ1n) is 6.47. The van der Waals surface area contributed by atoms with Crippen LogP contribution in [0.2, 0.25) is 0 Å². The Kier molecular flexibility index (Phi) is 3.03. The normalized spacial score (nSPS) is 10.7. The van der Waals surface area contributed by atoms with Crippen LogP contribution in [0.4, 0.5) is 0 Å². The van der Waals surface area contributed by atoms with Crippen molar-refractivity contribution in [3.8, 4) is 11.1 Å². The third-order valence-corrected chi connectivity index (χ3v) is 3.55. The molecule has 20 heavy (non-hydrogen) atoms. The minimum atomic E-state index is -0.333. The first-order chi connectivity index (χ1) is 9.70. The van der Waals surface area contributed by atoms with E-state index in [9.17, 15) is 4.79 Å². The van der Waals surface area contributed by atoms with E-state index in [2.05, 4.69) is 29.2 Å². The molecule has 0 amide bonds. The Labute approximate surface area is 117 Å². The highest BCUT2D eigenvalue weighted by molar-refractivity contribution is 5.99. The van der Waals surface area contributed by atoms with Gasteiger partial charge < -0.3 is 9.72 Å². The topological polar surface area (TPSA) is 42.1 Å². The van der Waals surface area contributed by atoms with Gasteiger partial charge in [-0.05, 0) is 35.7 Å². The molecule has 3 nitrogen and oxygen atoms in total. The van der Waals surface area contributed by atoms with Crippen LogP contribution in [0.1, 0.15) is 16.1 Å². The molecule has 1 aromatic heterocycles.